The van der Waals surface area contributed by atoms with E-state index in [1.54, 1.807) is 12.4 Å². The van der Waals surface area contributed by atoms with Crippen molar-refractivity contribution in [1.29, 1.82) is 0 Å². The summed E-state index contributed by atoms with van der Waals surface area (Å²) in [5, 5.41) is 13.1. The van der Waals surface area contributed by atoms with E-state index in [-0.39, 0.29) is 5.88 Å². The van der Waals surface area contributed by atoms with Crippen LogP contribution in [0.4, 0.5) is 0 Å². The van der Waals surface area contributed by atoms with Crippen LogP contribution in [0.2, 0.25) is 0 Å². The molecule has 0 radical (unpaired) electrons. The number of pyridine rings is 1. The molecule has 0 aliphatic carbocycles. The number of fused-ring (bicyclic) bond motifs is 1. The van der Waals surface area contributed by atoms with E-state index in [0.717, 1.165) is 26.0 Å². The summed E-state index contributed by atoms with van der Waals surface area (Å²) < 4.78 is 1.02. The summed E-state index contributed by atoms with van der Waals surface area (Å²) in [6.07, 6.45) is 3.36. The van der Waals surface area contributed by atoms with E-state index in [2.05, 4.69) is 30.9 Å². The zero-order valence-electron chi connectivity index (χ0n) is 11.8. The highest BCUT2D eigenvalue weighted by Gasteiger charge is 2.15. The van der Waals surface area contributed by atoms with Gasteiger partial charge in [-0.3, -0.25) is 4.98 Å². The molecule has 112 valence electrons. The van der Waals surface area contributed by atoms with Crippen molar-refractivity contribution < 1.29 is 5.11 Å². The van der Waals surface area contributed by atoms with Crippen molar-refractivity contribution in [2.75, 3.05) is 0 Å². The molecule has 0 unspecified atom stereocenters. The summed E-state index contributed by atoms with van der Waals surface area (Å²) in [7, 11) is 0. The third-order valence-electron chi connectivity index (χ3n) is 3.51. The lowest BCUT2D eigenvalue weighted by Crippen LogP contribution is -1.90. The van der Waals surface area contributed by atoms with Crippen LogP contribution in [-0.4, -0.2) is 20.1 Å². The van der Waals surface area contributed by atoms with E-state index in [0.29, 0.717) is 11.2 Å². The molecule has 4 aromatic rings. The summed E-state index contributed by atoms with van der Waals surface area (Å²) in [5.41, 5.74) is 2.79. The molecule has 0 aliphatic rings. The summed E-state index contributed by atoms with van der Waals surface area (Å²) >= 11 is 4.93. The predicted octanol–water partition coefficient (Wildman–Crippen LogP) is 4.89. The average Bonchev–Trinajstić information content (AvgIpc) is 3.01. The van der Waals surface area contributed by atoms with E-state index in [4.69, 9.17) is 0 Å². The number of hydrogen-bond donors (Lipinski definition) is 1. The lowest BCUT2D eigenvalue weighted by Gasteiger charge is -2.04. The molecule has 3 aromatic heterocycles. The Labute approximate surface area is 144 Å². The SMILES string of the molecule is Oc1nc(-c2ccncc2)nc2scc(-c3ccc(Br)cc3)c12. The summed E-state index contributed by atoms with van der Waals surface area (Å²) in [6.45, 7) is 0. The van der Waals surface area contributed by atoms with Crippen molar-refractivity contribution in [1.82, 2.24) is 15.0 Å². The number of nitrogens with zero attached hydrogens (tertiary/aromatic N) is 3. The van der Waals surface area contributed by atoms with Gasteiger partial charge in [-0.25, -0.2) is 4.98 Å². The Morgan fingerprint density at radius 3 is 2.39 bits per heavy atom. The smallest absolute Gasteiger partial charge is 0.224 e. The zero-order valence-corrected chi connectivity index (χ0v) is 14.2. The number of aromatic hydroxyl groups is 1. The number of benzene rings is 1. The minimum Gasteiger partial charge on any atom is -0.493 e. The standard InChI is InChI=1S/C17H10BrN3OS/c18-12-3-1-10(2-4-12)13-9-23-17-14(13)16(22)20-15(21-17)11-5-7-19-8-6-11/h1-9H,(H,20,21,22). The average molecular weight is 384 g/mol. The van der Waals surface area contributed by atoms with Crippen molar-refractivity contribution in [3.63, 3.8) is 0 Å². The quantitative estimate of drug-likeness (QED) is 0.535. The molecule has 3 heterocycles. The van der Waals surface area contributed by atoms with Crippen LogP contribution in [-0.2, 0) is 0 Å². The first-order valence-corrected chi connectivity index (χ1v) is 8.54. The molecule has 1 aromatic carbocycles. The molecule has 23 heavy (non-hydrogen) atoms. The Kier molecular flexibility index (Phi) is 3.55. The van der Waals surface area contributed by atoms with Gasteiger partial charge < -0.3 is 5.11 Å². The minimum absolute atomic E-state index is 0.000908. The van der Waals surface area contributed by atoms with Gasteiger partial charge in [0.1, 0.15) is 4.83 Å². The van der Waals surface area contributed by atoms with Crippen LogP contribution in [0.15, 0.2) is 58.6 Å². The van der Waals surface area contributed by atoms with Crippen molar-refractivity contribution in [2.45, 2.75) is 0 Å². The molecular weight excluding hydrogens is 374 g/mol. The van der Waals surface area contributed by atoms with Crippen LogP contribution in [0.1, 0.15) is 0 Å². The fourth-order valence-corrected chi connectivity index (χ4v) is 3.60. The fraction of sp³-hybridized carbons (Fsp3) is 0. The zero-order chi connectivity index (χ0) is 15.8. The highest BCUT2D eigenvalue weighted by Crippen LogP contribution is 2.38. The molecular formula is C17H10BrN3OS. The third kappa shape index (κ3) is 2.60. The molecule has 0 atom stereocenters. The first-order valence-electron chi connectivity index (χ1n) is 6.87. The van der Waals surface area contributed by atoms with Crippen LogP contribution in [0.5, 0.6) is 5.88 Å². The van der Waals surface area contributed by atoms with Gasteiger partial charge in [0.15, 0.2) is 5.82 Å². The normalized spacial score (nSPS) is 11.0. The molecule has 0 aliphatic heterocycles. The molecule has 4 rings (SSSR count). The van der Waals surface area contributed by atoms with E-state index in [1.807, 2.05) is 41.8 Å². The van der Waals surface area contributed by atoms with Gasteiger partial charge >= 0.3 is 0 Å². The first-order chi connectivity index (χ1) is 11.2. The van der Waals surface area contributed by atoms with Crippen molar-refractivity contribution in [2.24, 2.45) is 0 Å². The molecule has 6 heteroatoms. The predicted molar refractivity (Wildman–Crippen MR) is 95.4 cm³/mol. The van der Waals surface area contributed by atoms with Gasteiger partial charge in [-0.2, -0.15) is 4.98 Å². The highest BCUT2D eigenvalue weighted by molar-refractivity contribution is 9.10. The van der Waals surface area contributed by atoms with Crippen molar-refractivity contribution >= 4 is 37.5 Å². The van der Waals surface area contributed by atoms with Crippen LogP contribution < -0.4 is 0 Å². The minimum atomic E-state index is 0.000908. The van der Waals surface area contributed by atoms with Gasteiger partial charge in [-0.1, -0.05) is 28.1 Å². The second kappa shape index (κ2) is 5.72. The largest absolute Gasteiger partial charge is 0.493 e. The number of thiophene rings is 1. The van der Waals surface area contributed by atoms with Crippen molar-refractivity contribution in [3.8, 4) is 28.4 Å². The maximum absolute atomic E-state index is 10.4. The van der Waals surface area contributed by atoms with Crippen LogP contribution in [0.3, 0.4) is 0 Å². The van der Waals surface area contributed by atoms with E-state index in [9.17, 15) is 5.11 Å². The number of rotatable bonds is 2. The van der Waals surface area contributed by atoms with Gasteiger partial charge in [-0.15, -0.1) is 11.3 Å². The molecule has 1 N–H and O–H groups in total. The molecule has 0 saturated carbocycles. The van der Waals surface area contributed by atoms with Gasteiger partial charge in [0.2, 0.25) is 5.88 Å². The third-order valence-corrected chi connectivity index (χ3v) is 4.91. The Morgan fingerprint density at radius 2 is 1.65 bits per heavy atom. The Morgan fingerprint density at radius 1 is 0.913 bits per heavy atom. The van der Waals surface area contributed by atoms with Crippen molar-refractivity contribution in [3.05, 3.63) is 58.6 Å². The summed E-state index contributed by atoms with van der Waals surface area (Å²) in [4.78, 5) is 13.6. The molecule has 4 nitrogen and oxygen atoms in total. The van der Waals surface area contributed by atoms with E-state index >= 15 is 0 Å². The van der Waals surface area contributed by atoms with Gasteiger partial charge in [0.05, 0.1) is 5.39 Å². The van der Waals surface area contributed by atoms with Crippen LogP contribution >= 0.6 is 27.3 Å². The maximum Gasteiger partial charge on any atom is 0.224 e. The molecule has 0 amide bonds. The number of halogens is 1. The number of hydrogen-bond acceptors (Lipinski definition) is 5. The van der Waals surface area contributed by atoms with E-state index < -0.39 is 0 Å². The maximum atomic E-state index is 10.4. The van der Waals surface area contributed by atoms with Crippen LogP contribution in [0, 0.1) is 0 Å². The van der Waals surface area contributed by atoms with Gasteiger partial charge in [-0.05, 0) is 29.8 Å². The summed E-state index contributed by atoms with van der Waals surface area (Å²) in [5.74, 6) is 0.502. The van der Waals surface area contributed by atoms with Crippen LogP contribution in [0.25, 0.3) is 32.7 Å². The first kappa shape index (κ1) is 14.3. The molecule has 0 saturated heterocycles. The Hall–Kier alpha value is -2.31. The van der Waals surface area contributed by atoms with Gasteiger partial charge in [0.25, 0.3) is 0 Å². The fourth-order valence-electron chi connectivity index (χ4n) is 2.40. The Bertz CT molecular complexity index is 984. The second-order valence-corrected chi connectivity index (χ2v) is 6.72. The lowest BCUT2D eigenvalue weighted by molar-refractivity contribution is 0.460. The monoisotopic (exact) mass is 383 g/mol. The summed E-state index contributed by atoms with van der Waals surface area (Å²) in [6, 6.07) is 11.6. The van der Waals surface area contributed by atoms with Gasteiger partial charge in [0, 0.05) is 33.4 Å². The molecule has 0 bridgehead atoms. The number of aromatic nitrogens is 3. The Balaban J connectivity index is 1.89. The molecule has 0 spiro atoms. The topological polar surface area (TPSA) is 58.9 Å². The highest BCUT2D eigenvalue weighted by atomic mass is 79.9. The lowest BCUT2D eigenvalue weighted by atomic mass is 10.1. The molecule has 0 fully saturated rings. The van der Waals surface area contributed by atoms with E-state index in [1.165, 1.54) is 11.3 Å². The second-order valence-electron chi connectivity index (χ2n) is 4.94.